The Balaban J connectivity index is 2.18. The van der Waals surface area contributed by atoms with Gasteiger partial charge in [-0.15, -0.1) is 0 Å². The number of benzene rings is 1. The summed E-state index contributed by atoms with van der Waals surface area (Å²) in [6.07, 6.45) is 1.78. The van der Waals surface area contributed by atoms with Crippen molar-refractivity contribution in [3.63, 3.8) is 0 Å². The van der Waals surface area contributed by atoms with E-state index >= 15 is 0 Å². The first-order chi connectivity index (χ1) is 9.58. The molecule has 1 N–H and O–H groups in total. The van der Waals surface area contributed by atoms with Gasteiger partial charge in [0.1, 0.15) is 5.15 Å². The lowest BCUT2D eigenvalue weighted by atomic mass is 10.1. The number of nitrogens with zero attached hydrogens (tertiary/aromatic N) is 1. The van der Waals surface area contributed by atoms with E-state index in [4.69, 9.17) is 11.6 Å². The number of anilines is 1. The number of amides is 1. The molecule has 4 heteroatoms. The summed E-state index contributed by atoms with van der Waals surface area (Å²) in [5.74, 6) is -0.171. The average Bonchev–Trinajstić information content (AvgIpc) is 2.41. The highest BCUT2D eigenvalue weighted by Gasteiger charge is 2.09. The topological polar surface area (TPSA) is 42.0 Å². The van der Waals surface area contributed by atoms with E-state index in [9.17, 15) is 4.79 Å². The van der Waals surface area contributed by atoms with Gasteiger partial charge in [0.05, 0.1) is 0 Å². The zero-order chi connectivity index (χ0) is 14.5. The fourth-order valence-electron chi connectivity index (χ4n) is 1.91. The van der Waals surface area contributed by atoms with E-state index in [2.05, 4.69) is 17.2 Å². The van der Waals surface area contributed by atoms with Gasteiger partial charge in [-0.05, 0) is 37.6 Å². The highest BCUT2D eigenvalue weighted by atomic mass is 35.5. The van der Waals surface area contributed by atoms with Gasteiger partial charge in [0.25, 0.3) is 5.91 Å². The molecule has 0 aliphatic heterocycles. The molecule has 0 aliphatic carbocycles. The summed E-state index contributed by atoms with van der Waals surface area (Å²) in [6.45, 7) is 4.07. The van der Waals surface area contributed by atoms with Crippen LogP contribution in [0.15, 0.2) is 36.4 Å². The van der Waals surface area contributed by atoms with Crippen LogP contribution in [0.2, 0.25) is 5.15 Å². The van der Waals surface area contributed by atoms with Gasteiger partial charge >= 0.3 is 0 Å². The number of carbonyl (C=O) groups excluding carboxylic acids is 1. The van der Waals surface area contributed by atoms with Crippen molar-refractivity contribution < 1.29 is 4.79 Å². The minimum absolute atomic E-state index is 0.171. The summed E-state index contributed by atoms with van der Waals surface area (Å²) < 4.78 is 0. The quantitative estimate of drug-likeness (QED) is 0.855. The normalized spacial score (nSPS) is 10.3. The molecular formula is C16H17ClN2O. The summed E-state index contributed by atoms with van der Waals surface area (Å²) in [4.78, 5) is 16.4. The number of aromatic nitrogens is 1. The van der Waals surface area contributed by atoms with Crippen molar-refractivity contribution in [1.29, 1.82) is 0 Å². The lowest BCUT2D eigenvalue weighted by molar-refractivity contribution is 0.102. The molecule has 20 heavy (non-hydrogen) atoms. The number of hydrogen-bond donors (Lipinski definition) is 1. The zero-order valence-electron chi connectivity index (χ0n) is 11.6. The molecule has 1 aromatic heterocycles. The molecule has 0 bridgehead atoms. The second-order valence-electron chi connectivity index (χ2n) is 4.74. The molecule has 0 saturated heterocycles. The first-order valence-electron chi connectivity index (χ1n) is 6.63. The fraction of sp³-hybridized carbons (Fsp3) is 0.250. The lowest BCUT2D eigenvalue weighted by Crippen LogP contribution is -2.12. The van der Waals surface area contributed by atoms with Crippen molar-refractivity contribution in [2.24, 2.45) is 0 Å². The molecule has 0 radical (unpaired) electrons. The summed E-state index contributed by atoms with van der Waals surface area (Å²) in [5, 5.41) is 3.21. The molecule has 3 nitrogen and oxygen atoms in total. The first kappa shape index (κ1) is 14.5. The number of nitrogens with one attached hydrogen (secondary N) is 1. The molecule has 2 rings (SSSR count). The van der Waals surface area contributed by atoms with Crippen LogP contribution in [0, 0.1) is 6.92 Å². The van der Waals surface area contributed by atoms with Crippen LogP contribution in [0.5, 0.6) is 0 Å². The monoisotopic (exact) mass is 288 g/mol. The van der Waals surface area contributed by atoms with E-state index < -0.39 is 0 Å². The van der Waals surface area contributed by atoms with Crippen molar-refractivity contribution in [3.8, 4) is 0 Å². The Hall–Kier alpha value is -1.87. The number of rotatable bonds is 4. The maximum Gasteiger partial charge on any atom is 0.255 e. The second-order valence-corrected chi connectivity index (χ2v) is 5.13. The Kier molecular flexibility index (Phi) is 4.74. The van der Waals surface area contributed by atoms with Crippen LogP contribution in [0.1, 0.15) is 35.0 Å². The minimum Gasteiger partial charge on any atom is -0.322 e. The first-order valence-corrected chi connectivity index (χ1v) is 7.01. The number of aryl methyl sites for hydroxylation is 2. The second kappa shape index (κ2) is 6.53. The molecule has 1 heterocycles. The largest absolute Gasteiger partial charge is 0.322 e. The summed E-state index contributed by atoms with van der Waals surface area (Å²) >= 11 is 5.96. The highest BCUT2D eigenvalue weighted by Crippen LogP contribution is 2.15. The van der Waals surface area contributed by atoms with Gasteiger partial charge in [-0.2, -0.15) is 0 Å². The van der Waals surface area contributed by atoms with Gasteiger partial charge in [-0.1, -0.05) is 42.6 Å². The molecule has 2 aromatic rings. The smallest absolute Gasteiger partial charge is 0.255 e. The summed E-state index contributed by atoms with van der Waals surface area (Å²) in [5.41, 5.74) is 3.30. The van der Waals surface area contributed by atoms with Gasteiger partial charge in [0, 0.05) is 16.9 Å². The van der Waals surface area contributed by atoms with E-state index in [1.165, 1.54) is 0 Å². The number of carbonyl (C=O) groups is 1. The van der Waals surface area contributed by atoms with Crippen LogP contribution in [0.25, 0.3) is 0 Å². The molecule has 1 amide bonds. The van der Waals surface area contributed by atoms with Crippen LogP contribution >= 0.6 is 11.6 Å². The Morgan fingerprint density at radius 2 is 1.95 bits per heavy atom. The minimum atomic E-state index is -0.171. The molecule has 0 spiro atoms. The summed E-state index contributed by atoms with van der Waals surface area (Å²) in [6, 6.07) is 11.0. The van der Waals surface area contributed by atoms with E-state index in [0.29, 0.717) is 10.7 Å². The average molecular weight is 289 g/mol. The van der Waals surface area contributed by atoms with Crippen molar-refractivity contribution in [2.75, 3.05) is 5.32 Å². The predicted molar refractivity (Wildman–Crippen MR) is 82.4 cm³/mol. The standard InChI is InChI=1S/C16H17ClN2O/c1-3-4-14-9-12(10-15(17)18-14)16(20)19-13-7-5-11(2)6-8-13/h5-10H,3-4H2,1-2H3,(H,19,20). The predicted octanol–water partition coefficient (Wildman–Crippen LogP) is 4.25. The Morgan fingerprint density at radius 1 is 1.25 bits per heavy atom. The fourth-order valence-corrected chi connectivity index (χ4v) is 2.13. The molecule has 104 valence electrons. The van der Waals surface area contributed by atoms with Crippen LogP contribution < -0.4 is 5.32 Å². The molecule has 0 saturated carbocycles. The Labute approximate surface area is 124 Å². The van der Waals surface area contributed by atoms with Crippen LogP contribution in [-0.4, -0.2) is 10.9 Å². The third-order valence-corrected chi connectivity index (χ3v) is 3.12. The zero-order valence-corrected chi connectivity index (χ0v) is 12.4. The van der Waals surface area contributed by atoms with Gasteiger partial charge < -0.3 is 5.32 Å². The van der Waals surface area contributed by atoms with Crippen LogP contribution in [-0.2, 0) is 6.42 Å². The molecule has 0 aliphatic rings. The van der Waals surface area contributed by atoms with Gasteiger partial charge in [-0.3, -0.25) is 4.79 Å². The molecule has 1 aromatic carbocycles. The van der Waals surface area contributed by atoms with Gasteiger partial charge in [0.15, 0.2) is 0 Å². The van der Waals surface area contributed by atoms with Crippen molar-refractivity contribution in [1.82, 2.24) is 4.98 Å². The third kappa shape index (κ3) is 3.81. The molecule has 0 fully saturated rings. The van der Waals surface area contributed by atoms with Gasteiger partial charge in [-0.25, -0.2) is 4.98 Å². The third-order valence-electron chi connectivity index (χ3n) is 2.92. The van der Waals surface area contributed by atoms with Crippen LogP contribution in [0.4, 0.5) is 5.69 Å². The van der Waals surface area contributed by atoms with E-state index in [-0.39, 0.29) is 5.91 Å². The van der Waals surface area contributed by atoms with E-state index in [1.54, 1.807) is 12.1 Å². The summed E-state index contributed by atoms with van der Waals surface area (Å²) in [7, 11) is 0. The van der Waals surface area contributed by atoms with E-state index in [0.717, 1.165) is 29.8 Å². The lowest BCUT2D eigenvalue weighted by Gasteiger charge is -2.07. The Bertz CT molecular complexity index is 608. The van der Waals surface area contributed by atoms with Crippen molar-refractivity contribution in [2.45, 2.75) is 26.7 Å². The number of halogens is 1. The number of pyridine rings is 1. The van der Waals surface area contributed by atoms with Crippen molar-refractivity contribution in [3.05, 3.63) is 58.4 Å². The van der Waals surface area contributed by atoms with Gasteiger partial charge in [0.2, 0.25) is 0 Å². The van der Waals surface area contributed by atoms with Crippen LogP contribution in [0.3, 0.4) is 0 Å². The Morgan fingerprint density at radius 3 is 2.60 bits per heavy atom. The maximum atomic E-state index is 12.2. The molecular weight excluding hydrogens is 272 g/mol. The highest BCUT2D eigenvalue weighted by molar-refractivity contribution is 6.29. The molecule has 0 atom stereocenters. The van der Waals surface area contributed by atoms with Crippen molar-refractivity contribution >= 4 is 23.2 Å². The maximum absolute atomic E-state index is 12.2. The SMILES string of the molecule is CCCc1cc(C(=O)Nc2ccc(C)cc2)cc(Cl)n1. The van der Waals surface area contributed by atoms with E-state index in [1.807, 2.05) is 31.2 Å². The number of hydrogen-bond acceptors (Lipinski definition) is 2. The molecule has 0 unspecified atom stereocenters.